The summed E-state index contributed by atoms with van der Waals surface area (Å²) < 4.78 is 0.922. The van der Waals surface area contributed by atoms with Crippen molar-refractivity contribution in [3.8, 4) is 0 Å². The Morgan fingerprint density at radius 2 is 2.40 bits per heavy atom. The SMILES string of the molecule is CC1(C(=O)c2sccc2Br)CCCCN1. The average Bonchev–Trinajstić information content (AvgIpc) is 2.64. The Labute approximate surface area is 102 Å². The third-order valence-corrected chi connectivity index (χ3v) is 4.78. The van der Waals surface area contributed by atoms with Gasteiger partial charge in [0.05, 0.1) is 10.4 Å². The second-order valence-corrected chi connectivity index (χ2v) is 5.91. The number of nitrogens with one attached hydrogen (secondary N) is 1. The molecule has 1 unspecified atom stereocenters. The highest BCUT2D eigenvalue weighted by molar-refractivity contribution is 9.10. The minimum atomic E-state index is -0.356. The molecule has 1 aromatic heterocycles. The summed E-state index contributed by atoms with van der Waals surface area (Å²) >= 11 is 4.93. The molecule has 2 rings (SSSR count). The van der Waals surface area contributed by atoms with E-state index in [4.69, 9.17) is 0 Å². The van der Waals surface area contributed by atoms with Crippen LogP contribution in [0.1, 0.15) is 35.9 Å². The zero-order chi connectivity index (χ0) is 10.9. The van der Waals surface area contributed by atoms with Gasteiger partial charge in [-0.05, 0) is 60.1 Å². The van der Waals surface area contributed by atoms with E-state index >= 15 is 0 Å². The van der Waals surface area contributed by atoms with Crippen LogP contribution < -0.4 is 5.32 Å². The van der Waals surface area contributed by atoms with Crippen LogP contribution >= 0.6 is 27.3 Å². The number of carbonyl (C=O) groups excluding carboxylic acids is 1. The van der Waals surface area contributed by atoms with E-state index in [2.05, 4.69) is 21.2 Å². The number of ketones is 1. The lowest BCUT2D eigenvalue weighted by molar-refractivity contribution is 0.0838. The molecule has 1 fully saturated rings. The van der Waals surface area contributed by atoms with Crippen molar-refractivity contribution in [1.29, 1.82) is 0 Å². The average molecular weight is 288 g/mol. The highest BCUT2D eigenvalue weighted by Crippen LogP contribution is 2.30. The molecule has 1 N–H and O–H groups in total. The molecule has 2 nitrogen and oxygen atoms in total. The first-order valence-electron chi connectivity index (χ1n) is 5.16. The summed E-state index contributed by atoms with van der Waals surface area (Å²) in [6.07, 6.45) is 3.25. The van der Waals surface area contributed by atoms with Crippen LogP contribution in [-0.4, -0.2) is 17.9 Å². The van der Waals surface area contributed by atoms with Crippen LogP contribution in [0.15, 0.2) is 15.9 Å². The van der Waals surface area contributed by atoms with Crippen LogP contribution in [0, 0.1) is 0 Å². The zero-order valence-corrected chi connectivity index (χ0v) is 11.1. The van der Waals surface area contributed by atoms with E-state index in [9.17, 15) is 4.79 Å². The summed E-state index contributed by atoms with van der Waals surface area (Å²) in [5.41, 5.74) is -0.356. The number of rotatable bonds is 2. The molecule has 0 amide bonds. The van der Waals surface area contributed by atoms with Crippen LogP contribution in [0.4, 0.5) is 0 Å². The minimum absolute atomic E-state index is 0.226. The first kappa shape index (κ1) is 11.3. The fourth-order valence-electron chi connectivity index (χ4n) is 1.96. The van der Waals surface area contributed by atoms with Gasteiger partial charge in [-0.3, -0.25) is 4.79 Å². The van der Waals surface area contributed by atoms with E-state index < -0.39 is 0 Å². The van der Waals surface area contributed by atoms with Gasteiger partial charge < -0.3 is 5.32 Å². The van der Waals surface area contributed by atoms with Gasteiger partial charge >= 0.3 is 0 Å². The summed E-state index contributed by atoms with van der Waals surface area (Å²) in [5, 5.41) is 5.29. The fraction of sp³-hybridized carbons (Fsp3) is 0.545. The van der Waals surface area contributed by atoms with E-state index in [0.29, 0.717) is 0 Å². The Balaban J connectivity index is 2.23. The van der Waals surface area contributed by atoms with Crippen molar-refractivity contribution in [3.05, 3.63) is 20.8 Å². The molecule has 0 spiro atoms. The Morgan fingerprint density at radius 3 is 2.93 bits per heavy atom. The molecule has 2 heterocycles. The summed E-state index contributed by atoms with van der Waals surface area (Å²) in [6.45, 7) is 2.96. The Hall–Kier alpha value is -0.190. The van der Waals surface area contributed by atoms with E-state index in [1.165, 1.54) is 17.8 Å². The van der Waals surface area contributed by atoms with E-state index in [-0.39, 0.29) is 11.3 Å². The van der Waals surface area contributed by atoms with Crippen molar-refractivity contribution < 1.29 is 4.79 Å². The van der Waals surface area contributed by atoms with Crippen LogP contribution in [0.3, 0.4) is 0 Å². The molecule has 1 aliphatic heterocycles. The van der Waals surface area contributed by atoms with Gasteiger partial charge in [0.2, 0.25) is 0 Å². The molecule has 15 heavy (non-hydrogen) atoms. The fourth-order valence-corrected chi connectivity index (χ4v) is 3.58. The highest BCUT2D eigenvalue weighted by atomic mass is 79.9. The van der Waals surface area contributed by atoms with Crippen molar-refractivity contribution in [2.75, 3.05) is 6.54 Å². The van der Waals surface area contributed by atoms with Crippen molar-refractivity contribution in [3.63, 3.8) is 0 Å². The first-order valence-corrected chi connectivity index (χ1v) is 6.83. The van der Waals surface area contributed by atoms with E-state index in [1.54, 1.807) is 0 Å². The van der Waals surface area contributed by atoms with Crippen LogP contribution in [0.25, 0.3) is 0 Å². The Bertz CT molecular complexity index is 368. The Kier molecular flexibility index (Phi) is 3.28. The second kappa shape index (κ2) is 4.36. The molecule has 0 aromatic carbocycles. The van der Waals surface area contributed by atoms with Crippen LogP contribution in [0.2, 0.25) is 0 Å². The molecule has 1 aliphatic rings. The highest BCUT2D eigenvalue weighted by Gasteiger charge is 2.36. The number of hydrogen-bond acceptors (Lipinski definition) is 3. The van der Waals surface area contributed by atoms with Gasteiger partial charge in [-0.1, -0.05) is 0 Å². The normalized spacial score (nSPS) is 26.5. The standard InChI is InChI=1S/C11H14BrNOS/c1-11(5-2-3-6-13-11)10(14)9-8(12)4-7-15-9/h4,7,13H,2-3,5-6H2,1H3. The summed E-state index contributed by atoms with van der Waals surface area (Å²) in [7, 11) is 0. The molecule has 0 aliphatic carbocycles. The number of carbonyl (C=O) groups is 1. The molecular weight excluding hydrogens is 274 g/mol. The summed E-state index contributed by atoms with van der Waals surface area (Å²) in [5.74, 6) is 0.226. The maximum Gasteiger partial charge on any atom is 0.193 e. The van der Waals surface area contributed by atoms with Gasteiger partial charge in [-0.15, -0.1) is 11.3 Å². The van der Waals surface area contributed by atoms with Gasteiger partial charge in [0.25, 0.3) is 0 Å². The number of piperidine rings is 1. The van der Waals surface area contributed by atoms with E-state index in [0.717, 1.165) is 28.7 Å². The lowest BCUT2D eigenvalue weighted by atomic mass is 9.86. The molecule has 0 saturated carbocycles. The van der Waals surface area contributed by atoms with E-state index in [1.807, 2.05) is 18.4 Å². The van der Waals surface area contributed by atoms with Crippen molar-refractivity contribution in [2.45, 2.75) is 31.7 Å². The molecule has 1 aromatic rings. The molecule has 0 radical (unpaired) electrons. The van der Waals surface area contributed by atoms with Crippen LogP contribution in [0.5, 0.6) is 0 Å². The van der Waals surface area contributed by atoms with Gasteiger partial charge in [-0.25, -0.2) is 0 Å². The lowest BCUT2D eigenvalue weighted by Crippen LogP contribution is -2.52. The Morgan fingerprint density at radius 1 is 1.60 bits per heavy atom. The maximum absolute atomic E-state index is 12.3. The molecule has 1 saturated heterocycles. The van der Waals surface area contributed by atoms with Gasteiger partial charge in [0.15, 0.2) is 5.78 Å². The van der Waals surface area contributed by atoms with Crippen LogP contribution in [-0.2, 0) is 0 Å². The molecule has 1 atom stereocenters. The third kappa shape index (κ3) is 2.17. The zero-order valence-electron chi connectivity index (χ0n) is 8.68. The van der Waals surface area contributed by atoms with Gasteiger partial charge in [0, 0.05) is 4.47 Å². The van der Waals surface area contributed by atoms with Gasteiger partial charge in [0.1, 0.15) is 0 Å². The second-order valence-electron chi connectivity index (χ2n) is 4.14. The smallest absolute Gasteiger partial charge is 0.193 e. The molecule has 4 heteroatoms. The number of halogens is 1. The summed E-state index contributed by atoms with van der Waals surface area (Å²) in [4.78, 5) is 13.2. The molecule has 0 bridgehead atoms. The third-order valence-electron chi connectivity index (χ3n) is 2.94. The minimum Gasteiger partial charge on any atom is -0.305 e. The monoisotopic (exact) mass is 287 g/mol. The maximum atomic E-state index is 12.3. The van der Waals surface area contributed by atoms with Gasteiger partial charge in [-0.2, -0.15) is 0 Å². The number of hydrogen-bond donors (Lipinski definition) is 1. The molecule has 82 valence electrons. The first-order chi connectivity index (χ1) is 7.13. The number of Topliss-reactive ketones (excluding diaryl/α,β-unsaturated/α-hetero) is 1. The predicted octanol–water partition coefficient (Wildman–Crippen LogP) is 3.23. The topological polar surface area (TPSA) is 29.1 Å². The lowest BCUT2D eigenvalue weighted by Gasteiger charge is -2.33. The number of thiophene rings is 1. The van der Waals surface area contributed by atoms with Crippen molar-refractivity contribution >= 4 is 33.0 Å². The predicted molar refractivity (Wildman–Crippen MR) is 66.6 cm³/mol. The summed E-state index contributed by atoms with van der Waals surface area (Å²) in [6, 6.07) is 1.93. The largest absolute Gasteiger partial charge is 0.305 e. The van der Waals surface area contributed by atoms with Crippen molar-refractivity contribution in [2.24, 2.45) is 0 Å². The van der Waals surface area contributed by atoms with Crippen molar-refractivity contribution in [1.82, 2.24) is 5.32 Å². The quantitative estimate of drug-likeness (QED) is 0.847. The molecular formula is C11H14BrNOS.